The van der Waals surface area contributed by atoms with Gasteiger partial charge in [-0.05, 0) is 25.8 Å². The van der Waals surface area contributed by atoms with Gasteiger partial charge in [0.05, 0.1) is 5.92 Å². The van der Waals surface area contributed by atoms with Gasteiger partial charge < -0.3 is 5.11 Å². The summed E-state index contributed by atoms with van der Waals surface area (Å²) < 4.78 is 0. The van der Waals surface area contributed by atoms with Gasteiger partial charge in [-0.15, -0.1) is 0 Å². The first kappa shape index (κ1) is 10.9. The fourth-order valence-electron chi connectivity index (χ4n) is 2.05. The molecule has 2 rings (SSSR count). The fraction of sp³-hybridized carbons (Fsp3) is 0.385. The Morgan fingerprint density at radius 1 is 1.25 bits per heavy atom. The molecule has 1 saturated carbocycles. The normalized spacial score (nSPS) is 22.9. The zero-order valence-corrected chi connectivity index (χ0v) is 9.36. The van der Waals surface area contributed by atoms with E-state index in [1.807, 2.05) is 26.0 Å². The molecule has 1 fully saturated rings. The Balaban J connectivity index is 2.20. The lowest BCUT2D eigenvalue weighted by Gasteiger charge is -2.04. The van der Waals surface area contributed by atoms with Gasteiger partial charge in [0.25, 0.3) is 0 Å². The first-order chi connectivity index (χ1) is 7.50. The van der Waals surface area contributed by atoms with Crippen molar-refractivity contribution >= 4 is 11.8 Å². The maximum atomic E-state index is 12.0. The third-order valence-electron chi connectivity index (χ3n) is 3.09. The van der Waals surface area contributed by atoms with Crippen molar-refractivity contribution in [3.63, 3.8) is 0 Å². The number of carbonyl (C=O) groups excluding carboxylic acids is 1. The summed E-state index contributed by atoms with van der Waals surface area (Å²) in [7, 11) is 0. The number of carboxylic acid groups (broad SMARTS) is 1. The van der Waals surface area contributed by atoms with E-state index in [4.69, 9.17) is 5.11 Å². The number of hydrogen-bond acceptors (Lipinski definition) is 2. The van der Waals surface area contributed by atoms with E-state index in [-0.39, 0.29) is 11.7 Å². The van der Waals surface area contributed by atoms with Gasteiger partial charge in [-0.25, -0.2) is 0 Å². The second-order valence-electron chi connectivity index (χ2n) is 4.47. The highest BCUT2D eigenvalue weighted by atomic mass is 16.4. The van der Waals surface area contributed by atoms with Crippen LogP contribution in [-0.4, -0.2) is 16.9 Å². The molecule has 1 aliphatic rings. The molecule has 1 aromatic carbocycles. The second kappa shape index (κ2) is 3.74. The fourth-order valence-corrected chi connectivity index (χ4v) is 2.05. The summed E-state index contributed by atoms with van der Waals surface area (Å²) in [5.41, 5.74) is 2.71. The molecule has 3 heteroatoms. The number of carboxylic acids is 1. The highest BCUT2D eigenvalue weighted by Gasteiger charge is 2.48. The Bertz CT molecular complexity index is 462. The van der Waals surface area contributed by atoms with Crippen LogP contribution in [0.25, 0.3) is 0 Å². The van der Waals surface area contributed by atoms with Crippen molar-refractivity contribution in [1.29, 1.82) is 0 Å². The molecule has 0 spiro atoms. The van der Waals surface area contributed by atoms with Crippen LogP contribution in [0, 0.1) is 25.7 Å². The van der Waals surface area contributed by atoms with Crippen LogP contribution >= 0.6 is 0 Å². The molecule has 2 atom stereocenters. The third-order valence-corrected chi connectivity index (χ3v) is 3.09. The molecule has 3 nitrogen and oxygen atoms in total. The van der Waals surface area contributed by atoms with Crippen molar-refractivity contribution < 1.29 is 14.7 Å². The molecule has 84 valence electrons. The van der Waals surface area contributed by atoms with Gasteiger partial charge in [0.1, 0.15) is 0 Å². The molecule has 1 aromatic rings. The molecule has 0 bridgehead atoms. The molecule has 0 saturated heterocycles. The van der Waals surface area contributed by atoms with Crippen LogP contribution in [0.4, 0.5) is 0 Å². The minimum absolute atomic E-state index is 0.0232. The van der Waals surface area contributed by atoms with E-state index in [9.17, 15) is 9.59 Å². The highest BCUT2D eigenvalue weighted by Crippen LogP contribution is 2.41. The summed E-state index contributed by atoms with van der Waals surface area (Å²) in [5, 5.41) is 8.78. The molecule has 2 unspecified atom stereocenters. The monoisotopic (exact) mass is 218 g/mol. The highest BCUT2D eigenvalue weighted by molar-refractivity contribution is 6.03. The minimum atomic E-state index is -0.858. The summed E-state index contributed by atoms with van der Waals surface area (Å²) in [5.74, 6) is -1.65. The Morgan fingerprint density at radius 2 is 1.94 bits per heavy atom. The predicted molar refractivity (Wildman–Crippen MR) is 59.5 cm³/mol. The van der Waals surface area contributed by atoms with Crippen molar-refractivity contribution in [2.75, 3.05) is 0 Å². The third kappa shape index (κ3) is 1.85. The Labute approximate surface area is 94.1 Å². The number of hydrogen-bond donors (Lipinski definition) is 1. The Kier molecular flexibility index (Phi) is 2.54. The lowest BCUT2D eigenvalue weighted by molar-refractivity contribution is -0.138. The number of Topliss-reactive ketones (excluding diaryl/α,β-unsaturated/α-hetero) is 1. The molecule has 0 heterocycles. The maximum absolute atomic E-state index is 12.0. The van der Waals surface area contributed by atoms with Crippen LogP contribution in [0.3, 0.4) is 0 Å². The van der Waals surface area contributed by atoms with Gasteiger partial charge in [0, 0.05) is 11.5 Å². The van der Waals surface area contributed by atoms with Crippen molar-refractivity contribution in [2.45, 2.75) is 20.3 Å². The number of carbonyl (C=O) groups is 2. The van der Waals surface area contributed by atoms with Crippen molar-refractivity contribution in [1.82, 2.24) is 0 Å². The van der Waals surface area contributed by atoms with Crippen LogP contribution in [0.5, 0.6) is 0 Å². The summed E-state index contributed by atoms with van der Waals surface area (Å²) in [4.78, 5) is 22.7. The predicted octanol–water partition coefficient (Wildman–Crippen LogP) is 2.21. The van der Waals surface area contributed by atoms with Crippen LogP contribution in [0.1, 0.15) is 27.9 Å². The van der Waals surface area contributed by atoms with Gasteiger partial charge >= 0.3 is 5.97 Å². The molecule has 1 aliphatic carbocycles. The van der Waals surface area contributed by atoms with Crippen molar-refractivity contribution in [2.24, 2.45) is 11.8 Å². The molecular weight excluding hydrogens is 204 g/mol. The minimum Gasteiger partial charge on any atom is -0.481 e. The topological polar surface area (TPSA) is 54.4 Å². The molecule has 1 N–H and O–H groups in total. The second-order valence-corrected chi connectivity index (χ2v) is 4.47. The smallest absolute Gasteiger partial charge is 0.307 e. The van der Waals surface area contributed by atoms with Gasteiger partial charge in [-0.1, -0.05) is 23.8 Å². The first-order valence-corrected chi connectivity index (χ1v) is 5.35. The van der Waals surface area contributed by atoms with Crippen molar-refractivity contribution in [3.8, 4) is 0 Å². The standard InChI is InChI=1S/C13H14O3/c1-7-3-4-9(8(2)5-7)12(14)10-6-11(10)13(15)16/h3-5,10-11H,6H2,1-2H3,(H,15,16). The van der Waals surface area contributed by atoms with E-state index >= 15 is 0 Å². The van der Waals surface area contributed by atoms with Crippen LogP contribution < -0.4 is 0 Å². The van der Waals surface area contributed by atoms with E-state index in [1.165, 1.54) is 0 Å². The number of rotatable bonds is 3. The van der Waals surface area contributed by atoms with E-state index in [2.05, 4.69) is 0 Å². The molecule has 0 radical (unpaired) electrons. The maximum Gasteiger partial charge on any atom is 0.307 e. The zero-order chi connectivity index (χ0) is 11.9. The summed E-state index contributed by atoms with van der Waals surface area (Å²) >= 11 is 0. The van der Waals surface area contributed by atoms with Crippen LogP contribution in [0.2, 0.25) is 0 Å². The zero-order valence-electron chi connectivity index (χ0n) is 9.36. The number of ketones is 1. The average molecular weight is 218 g/mol. The summed E-state index contributed by atoms with van der Waals surface area (Å²) in [6, 6.07) is 5.63. The molecule has 16 heavy (non-hydrogen) atoms. The van der Waals surface area contributed by atoms with E-state index < -0.39 is 11.9 Å². The quantitative estimate of drug-likeness (QED) is 0.791. The summed E-state index contributed by atoms with van der Waals surface area (Å²) in [6.45, 7) is 3.86. The number of aliphatic carboxylic acids is 1. The van der Waals surface area contributed by atoms with Crippen molar-refractivity contribution in [3.05, 3.63) is 34.9 Å². The molecule has 0 amide bonds. The van der Waals surface area contributed by atoms with Gasteiger partial charge in [-0.3, -0.25) is 9.59 Å². The van der Waals surface area contributed by atoms with Crippen LogP contribution in [-0.2, 0) is 4.79 Å². The number of aryl methyl sites for hydroxylation is 2. The largest absolute Gasteiger partial charge is 0.481 e. The summed E-state index contributed by atoms with van der Waals surface area (Å²) in [6.07, 6.45) is 0.488. The van der Waals surface area contributed by atoms with E-state index in [0.29, 0.717) is 12.0 Å². The van der Waals surface area contributed by atoms with E-state index in [1.54, 1.807) is 6.07 Å². The van der Waals surface area contributed by atoms with E-state index in [0.717, 1.165) is 11.1 Å². The first-order valence-electron chi connectivity index (χ1n) is 5.35. The SMILES string of the molecule is Cc1ccc(C(=O)C2CC2C(=O)O)c(C)c1. The van der Waals surface area contributed by atoms with Gasteiger partial charge in [0.15, 0.2) is 5.78 Å². The lowest BCUT2D eigenvalue weighted by atomic mass is 9.99. The molecule has 0 aliphatic heterocycles. The molecule has 0 aromatic heterocycles. The molecular formula is C13H14O3. The lowest BCUT2D eigenvalue weighted by Crippen LogP contribution is -2.09. The number of benzene rings is 1. The Hall–Kier alpha value is -1.64. The van der Waals surface area contributed by atoms with Gasteiger partial charge in [-0.2, -0.15) is 0 Å². The Morgan fingerprint density at radius 3 is 2.44 bits per heavy atom. The van der Waals surface area contributed by atoms with Gasteiger partial charge in [0.2, 0.25) is 0 Å². The van der Waals surface area contributed by atoms with Crippen LogP contribution in [0.15, 0.2) is 18.2 Å². The average Bonchev–Trinajstić information content (AvgIpc) is 2.96.